The fourth-order valence-electron chi connectivity index (χ4n) is 1.31. The van der Waals surface area contributed by atoms with Crippen molar-refractivity contribution in [3.63, 3.8) is 0 Å². The van der Waals surface area contributed by atoms with Gasteiger partial charge in [-0.1, -0.05) is 24.9 Å². The molecule has 15 heavy (non-hydrogen) atoms. The molecule has 0 N–H and O–H groups in total. The number of hydrogen-bond donors (Lipinski definition) is 0. The minimum Gasteiger partial charge on any atom is -0.491 e. The molecule has 1 unspecified atom stereocenters. The Bertz CT molecular complexity index is 271. The first kappa shape index (κ1) is 12.3. The Morgan fingerprint density at radius 3 is 2.47 bits per heavy atom. The van der Waals surface area contributed by atoms with Gasteiger partial charge < -0.3 is 9.47 Å². The lowest BCUT2D eigenvalue weighted by Crippen LogP contribution is -2.19. The first-order chi connectivity index (χ1) is 7.26. The molecule has 0 heterocycles. The Labute approximate surface area is 96.2 Å². The molecule has 3 heteroatoms. The molecule has 2 nitrogen and oxygen atoms in total. The molecular formula is C12H17ClO2. The highest BCUT2D eigenvalue weighted by atomic mass is 35.5. The molecule has 0 spiro atoms. The SMILES string of the molecule is CCCC(COc1ccc(Cl)cc1)OC. The summed E-state index contributed by atoms with van der Waals surface area (Å²) >= 11 is 5.77. The van der Waals surface area contributed by atoms with E-state index in [-0.39, 0.29) is 6.10 Å². The first-order valence-electron chi connectivity index (χ1n) is 5.17. The van der Waals surface area contributed by atoms with Crippen molar-refractivity contribution >= 4 is 11.6 Å². The molecule has 0 bridgehead atoms. The number of halogens is 1. The molecule has 1 rings (SSSR count). The van der Waals surface area contributed by atoms with Gasteiger partial charge in [0.25, 0.3) is 0 Å². The lowest BCUT2D eigenvalue weighted by molar-refractivity contribution is 0.0516. The van der Waals surface area contributed by atoms with Crippen LogP contribution in [0.5, 0.6) is 5.75 Å². The third-order valence-electron chi connectivity index (χ3n) is 2.19. The zero-order valence-corrected chi connectivity index (χ0v) is 9.96. The van der Waals surface area contributed by atoms with Crippen LogP contribution in [0.25, 0.3) is 0 Å². The van der Waals surface area contributed by atoms with Crippen LogP contribution in [-0.4, -0.2) is 19.8 Å². The van der Waals surface area contributed by atoms with E-state index in [1.165, 1.54) is 0 Å². The quantitative estimate of drug-likeness (QED) is 0.742. The van der Waals surface area contributed by atoms with Crippen LogP contribution in [0.15, 0.2) is 24.3 Å². The van der Waals surface area contributed by atoms with Gasteiger partial charge in [-0.2, -0.15) is 0 Å². The zero-order chi connectivity index (χ0) is 11.1. The summed E-state index contributed by atoms with van der Waals surface area (Å²) in [5.74, 6) is 0.831. The minimum atomic E-state index is 0.172. The van der Waals surface area contributed by atoms with Crippen LogP contribution in [0, 0.1) is 0 Å². The van der Waals surface area contributed by atoms with Gasteiger partial charge in [0.15, 0.2) is 0 Å². The van der Waals surface area contributed by atoms with Crippen LogP contribution in [0.3, 0.4) is 0 Å². The van der Waals surface area contributed by atoms with Crippen molar-refractivity contribution in [2.24, 2.45) is 0 Å². The fourth-order valence-corrected chi connectivity index (χ4v) is 1.44. The highest BCUT2D eigenvalue weighted by Crippen LogP contribution is 2.16. The Morgan fingerprint density at radius 2 is 1.93 bits per heavy atom. The topological polar surface area (TPSA) is 18.5 Å². The molecule has 1 atom stereocenters. The lowest BCUT2D eigenvalue weighted by atomic mass is 10.2. The minimum absolute atomic E-state index is 0.172. The van der Waals surface area contributed by atoms with Crippen molar-refractivity contribution in [2.75, 3.05) is 13.7 Å². The van der Waals surface area contributed by atoms with E-state index in [1.807, 2.05) is 24.3 Å². The second-order valence-electron chi connectivity index (χ2n) is 3.41. The summed E-state index contributed by atoms with van der Waals surface area (Å²) in [5.41, 5.74) is 0. The number of rotatable bonds is 6. The van der Waals surface area contributed by atoms with Gasteiger partial charge in [-0.3, -0.25) is 0 Å². The van der Waals surface area contributed by atoms with Crippen molar-refractivity contribution < 1.29 is 9.47 Å². The molecular weight excluding hydrogens is 212 g/mol. The zero-order valence-electron chi connectivity index (χ0n) is 9.20. The van der Waals surface area contributed by atoms with E-state index in [2.05, 4.69) is 6.92 Å². The number of benzene rings is 1. The summed E-state index contributed by atoms with van der Waals surface area (Å²) in [6.45, 7) is 2.72. The monoisotopic (exact) mass is 228 g/mol. The molecule has 1 aromatic carbocycles. The van der Waals surface area contributed by atoms with Crippen molar-refractivity contribution in [1.82, 2.24) is 0 Å². The van der Waals surface area contributed by atoms with Gasteiger partial charge in [0.2, 0.25) is 0 Å². The van der Waals surface area contributed by atoms with Crippen molar-refractivity contribution in [2.45, 2.75) is 25.9 Å². The predicted molar refractivity (Wildman–Crippen MR) is 62.7 cm³/mol. The molecule has 0 aliphatic heterocycles. The molecule has 0 aliphatic carbocycles. The maximum absolute atomic E-state index is 5.77. The van der Waals surface area contributed by atoms with E-state index in [9.17, 15) is 0 Å². The Kier molecular flexibility index (Phi) is 5.51. The average molecular weight is 229 g/mol. The summed E-state index contributed by atoms with van der Waals surface area (Å²) < 4.78 is 10.9. The van der Waals surface area contributed by atoms with Gasteiger partial charge in [0, 0.05) is 12.1 Å². The van der Waals surface area contributed by atoms with Crippen LogP contribution in [0.4, 0.5) is 0 Å². The Balaban J connectivity index is 2.38. The summed E-state index contributed by atoms with van der Waals surface area (Å²) in [6.07, 6.45) is 2.29. The Hall–Kier alpha value is -0.730. The highest BCUT2D eigenvalue weighted by Gasteiger charge is 2.06. The van der Waals surface area contributed by atoms with Crippen molar-refractivity contribution in [1.29, 1.82) is 0 Å². The maximum atomic E-state index is 5.77. The van der Waals surface area contributed by atoms with Gasteiger partial charge in [-0.15, -0.1) is 0 Å². The summed E-state index contributed by atoms with van der Waals surface area (Å²) in [7, 11) is 1.71. The van der Waals surface area contributed by atoms with Gasteiger partial charge in [0.05, 0.1) is 6.10 Å². The summed E-state index contributed by atoms with van der Waals surface area (Å²) in [6, 6.07) is 7.36. The predicted octanol–water partition coefficient (Wildman–Crippen LogP) is 3.53. The van der Waals surface area contributed by atoms with Gasteiger partial charge in [0.1, 0.15) is 12.4 Å². The third-order valence-corrected chi connectivity index (χ3v) is 2.45. The van der Waals surface area contributed by atoms with Crippen molar-refractivity contribution in [3.05, 3.63) is 29.3 Å². The van der Waals surface area contributed by atoms with Crippen LogP contribution < -0.4 is 4.74 Å². The molecule has 0 saturated carbocycles. The normalized spacial score (nSPS) is 12.5. The van der Waals surface area contributed by atoms with Crippen molar-refractivity contribution in [3.8, 4) is 5.75 Å². The second-order valence-corrected chi connectivity index (χ2v) is 3.85. The number of ether oxygens (including phenoxy) is 2. The largest absolute Gasteiger partial charge is 0.491 e. The van der Waals surface area contributed by atoms with E-state index in [4.69, 9.17) is 21.1 Å². The van der Waals surface area contributed by atoms with Gasteiger partial charge >= 0.3 is 0 Å². The fraction of sp³-hybridized carbons (Fsp3) is 0.500. The highest BCUT2D eigenvalue weighted by molar-refractivity contribution is 6.30. The first-order valence-corrected chi connectivity index (χ1v) is 5.55. The Morgan fingerprint density at radius 1 is 1.27 bits per heavy atom. The molecule has 1 aromatic rings. The standard InChI is InChI=1S/C12H17ClO2/c1-3-4-12(14-2)9-15-11-7-5-10(13)6-8-11/h5-8,12H,3-4,9H2,1-2H3. The smallest absolute Gasteiger partial charge is 0.119 e. The number of methoxy groups -OCH3 is 1. The molecule has 0 aliphatic rings. The van der Waals surface area contributed by atoms with Crippen LogP contribution in [0.1, 0.15) is 19.8 Å². The van der Waals surface area contributed by atoms with E-state index < -0.39 is 0 Å². The summed E-state index contributed by atoms with van der Waals surface area (Å²) in [5, 5.41) is 0.721. The molecule has 84 valence electrons. The van der Waals surface area contributed by atoms with Gasteiger partial charge in [-0.05, 0) is 30.7 Å². The molecule has 0 amide bonds. The second kappa shape index (κ2) is 6.70. The molecule has 0 aromatic heterocycles. The van der Waals surface area contributed by atoms with Crippen LogP contribution in [-0.2, 0) is 4.74 Å². The average Bonchev–Trinajstić information content (AvgIpc) is 2.26. The van der Waals surface area contributed by atoms with Crippen LogP contribution >= 0.6 is 11.6 Å². The van der Waals surface area contributed by atoms with E-state index in [0.717, 1.165) is 23.6 Å². The van der Waals surface area contributed by atoms with Gasteiger partial charge in [-0.25, -0.2) is 0 Å². The van der Waals surface area contributed by atoms with E-state index >= 15 is 0 Å². The molecule has 0 radical (unpaired) electrons. The van der Waals surface area contributed by atoms with E-state index in [1.54, 1.807) is 7.11 Å². The molecule has 0 fully saturated rings. The number of hydrogen-bond acceptors (Lipinski definition) is 2. The maximum Gasteiger partial charge on any atom is 0.119 e. The molecule has 0 saturated heterocycles. The van der Waals surface area contributed by atoms with Crippen LogP contribution in [0.2, 0.25) is 5.02 Å². The van der Waals surface area contributed by atoms with E-state index in [0.29, 0.717) is 6.61 Å². The lowest BCUT2D eigenvalue weighted by Gasteiger charge is -2.15. The third kappa shape index (κ3) is 4.54. The summed E-state index contributed by atoms with van der Waals surface area (Å²) in [4.78, 5) is 0.